The van der Waals surface area contributed by atoms with Crippen LogP contribution in [0.15, 0.2) is 0 Å². The fraction of sp³-hybridized carbons (Fsp3) is 0.945. The zero-order valence-electron chi connectivity index (χ0n) is 59.7. The maximum absolute atomic E-state index is 13.1. The van der Waals surface area contributed by atoms with Crippen LogP contribution in [0.1, 0.15) is 381 Å². The molecule has 0 aromatic carbocycles. The molecular formula is C73H142O17P2. The van der Waals surface area contributed by atoms with Crippen LogP contribution in [-0.4, -0.2) is 96.7 Å². The van der Waals surface area contributed by atoms with Crippen LogP contribution in [0.25, 0.3) is 0 Å². The largest absolute Gasteiger partial charge is 0.472 e. The molecule has 0 saturated carbocycles. The van der Waals surface area contributed by atoms with Gasteiger partial charge in [0, 0.05) is 25.7 Å². The molecule has 0 spiro atoms. The first-order valence-electron chi connectivity index (χ1n) is 38.2. The van der Waals surface area contributed by atoms with E-state index in [1.165, 1.54) is 199 Å². The van der Waals surface area contributed by atoms with Gasteiger partial charge in [-0.2, -0.15) is 0 Å². The number of phosphoric ester groups is 2. The van der Waals surface area contributed by atoms with Gasteiger partial charge in [-0.15, -0.1) is 0 Å². The van der Waals surface area contributed by atoms with E-state index in [4.69, 9.17) is 37.0 Å². The van der Waals surface area contributed by atoms with Gasteiger partial charge in [0.25, 0.3) is 0 Å². The molecule has 3 unspecified atom stereocenters. The number of aliphatic hydroxyl groups excluding tert-OH is 1. The van der Waals surface area contributed by atoms with Crippen molar-refractivity contribution < 1.29 is 80.2 Å². The van der Waals surface area contributed by atoms with Gasteiger partial charge in [0.15, 0.2) is 12.2 Å². The maximum atomic E-state index is 13.1. The van der Waals surface area contributed by atoms with E-state index < -0.39 is 97.5 Å². The van der Waals surface area contributed by atoms with Crippen molar-refractivity contribution in [1.82, 2.24) is 0 Å². The van der Waals surface area contributed by atoms with Gasteiger partial charge in [0.2, 0.25) is 0 Å². The molecule has 0 bridgehead atoms. The van der Waals surface area contributed by atoms with Gasteiger partial charge in [-0.05, 0) is 31.6 Å². The molecule has 17 nitrogen and oxygen atoms in total. The summed E-state index contributed by atoms with van der Waals surface area (Å²) >= 11 is 0. The molecule has 0 radical (unpaired) electrons. The van der Waals surface area contributed by atoms with Crippen LogP contribution in [-0.2, 0) is 65.4 Å². The number of phosphoric acid groups is 2. The zero-order chi connectivity index (χ0) is 67.7. The van der Waals surface area contributed by atoms with Crippen LogP contribution in [0.2, 0.25) is 0 Å². The highest BCUT2D eigenvalue weighted by Gasteiger charge is 2.30. The Kier molecular flexibility index (Phi) is 64.9. The molecule has 0 rings (SSSR count). The third kappa shape index (κ3) is 65.4. The number of rotatable bonds is 73. The number of ether oxygens (including phenoxy) is 4. The van der Waals surface area contributed by atoms with E-state index in [0.717, 1.165) is 102 Å². The van der Waals surface area contributed by atoms with E-state index in [1.807, 2.05) is 0 Å². The van der Waals surface area contributed by atoms with E-state index in [1.54, 1.807) is 0 Å². The highest BCUT2D eigenvalue weighted by atomic mass is 31.2. The molecule has 546 valence electrons. The van der Waals surface area contributed by atoms with Crippen molar-refractivity contribution in [2.75, 3.05) is 39.6 Å². The lowest BCUT2D eigenvalue weighted by molar-refractivity contribution is -0.161. The van der Waals surface area contributed by atoms with Crippen LogP contribution in [0.4, 0.5) is 0 Å². The molecule has 0 fully saturated rings. The first-order valence-corrected chi connectivity index (χ1v) is 41.2. The topological polar surface area (TPSA) is 237 Å². The minimum absolute atomic E-state index is 0.108. The van der Waals surface area contributed by atoms with Gasteiger partial charge in [0.05, 0.1) is 26.4 Å². The number of carbonyl (C=O) groups is 4. The predicted molar refractivity (Wildman–Crippen MR) is 372 cm³/mol. The summed E-state index contributed by atoms with van der Waals surface area (Å²) in [4.78, 5) is 72.6. The first kappa shape index (κ1) is 90.1. The zero-order valence-corrected chi connectivity index (χ0v) is 61.5. The molecule has 0 aliphatic rings. The third-order valence-corrected chi connectivity index (χ3v) is 19.3. The van der Waals surface area contributed by atoms with Gasteiger partial charge < -0.3 is 33.8 Å². The fourth-order valence-corrected chi connectivity index (χ4v) is 12.7. The highest BCUT2D eigenvalue weighted by Crippen LogP contribution is 2.45. The summed E-state index contributed by atoms with van der Waals surface area (Å²) in [5.41, 5.74) is 0. The van der Waals surface area contributed by atoms with Crippen LogP contribution in [0.5, 0.6) is 0 Å². The van der Waals surface area contributed by atoms with Gasteiger partial charge >= 0.3 is 39.5 Å². The van der Waals surface area contributed by atoms with Gasteiger partial charge in [0.1, 0.15) is 19.3 Å². The summed E-state index contributed by atoms with van der Waals surface area (Å²) in [6.07, 6.45) is 54.0. The molecule has 6 atom stereocenters. The van der Waals surface area contributed by atoms with Gasteiger partial charge in [-0.1, -0.05) is 330 Å². The Labute approximate surface area is 562 Å². The number of unbranched alkanes of at least 4 members (excludes halogenated alkanes) is 44. The Balaban J connectivity index is 5.22. The quantitative estimate of drug-likeness (QED) is 0.0222. The van der Waals surface area contributed by atoms with E-state index >= 15 is 0 Å². The van der Waals surface area contributed by atoms with E-state index in [-0.39, 0.29) is 25.7 Å². The number of hydrogen-bond acceptors (Lipinski definition) is 15. The number of hydrogen-bond donors (Lipinski definition) is 3. The Hall–Kier alpha value is -1.94. The van der Waals surface area contributed by atoms with Crippen molar-refractivity contribution in [2.45, 2.75) is 400 Å². The van der Waals surface area contributed by atoms with Crippen LogP contribution in [0.3, 0.4) is 0 Å². The summed E-state index contributed by atoms with van der Waals surface area (Å²) in [6.45, 7) is 7.28. The van der Waals surface area contributed by atoms with E-state index in [0.29, 0.717) is 25.7 Å². The lowest BCUT2D eigenvalue weighted by atomic mass is 9.99. The van der Waals surface area contributed by atoms with Gasteiger partial charge in [-0.3, -0.25) is 37.3 Å². The molecule has 0 aliphatic carbocycles. The molecule has 0 heterocycles. The molecule has 3 N–H and O–H groups in total. The SMILES string of the molecule is CCCCCCCCCCCCCCCCCCCC(=O)O[C@H](COC(=O)CCCCCCCCCCCCC(C)CC)COP(=O)(O)OC[C@@H](O)COP(=O)(O)OC[C@@H](COC(=O)CCCCCCCCCC)OC(=O)CCCCCCCCCCCCCCC. The lowest BCUT2D eigenvalue weighted by Gasteiger charge is -2.21. The minimum atomic E-state index is -4.95. The Morgan fingerprint density at radius 3 is 0.772 bits per heavy atom. The second kappa shape index (κ2) is 66.3. The van der Waals surface area contributed by atoms with Crippen LogP contribution in [0, 0.1) is 5.92 Å². The van der Waals surface area contributed by atoms with Crippen molar-refractivity contribution in [3.8, 4) is 0 Å². The van der Waals surface area contributed by atoms with E-state index in [2.05, 4.69) is 34.6 Å². The second-order valence-electron chi connectivity index (χ2n) is 26.6. The molecule has 0 aliphatic heterocycles. The molecular weight excluding hydrogens is 1210 g/mol. The average molecular weight is 1350 g/mol. The van der Waals surface area contributed by atoms with Crippen molar-refractivity contribution in [3.63, 3.8) is 0 Å². The highest BCUT2D eigenvalue weighted by molar-refractivity contribution is 7.47. The number of aliphatic hydroxyl groups is 1. The van der Waals surface area contributed by atoms with Crippen molar-refractivity contribution in [3.05, 3.63) is 0 Å². The summed E-state index contributed by atoms with van der Waals surface area (Å²) in [7, 11) is -9.90. The van der Waals surface area contributed by atoms with Crippen molar-refractivity contribution in [2.24, 2.45) is 5.92 Å². The first-order chi connectivity index (χ1) is 44.6. The van der Waals surface area contributed by atoms with Crippen molar-refractivity contribution in [1.29, 1.82) is 0 Å². The van der Waals surface area contributed by atoms with Crippen LogP contribution >= 0.6 is 15.6 Å². The predicted octanol–water partition coefficient (Wildman–Crippen LogP) is 21.3. The summed E-state index contributed by atoms with van der Waals surface area (Å²) in [6, 6.07) is 0. The number of esters is 4. The standard InChI is InChI=1S/C73H142O17P2/c1-6-10-13-16-19-22-24-26-27-28-29-31-33-39-44-49-54-59-73(78)90-69(63-84-71(76)57-52-47-42-37-35-34-36-40-45-50-55-66(5)9-4)65-88-92(81,82)86-61-67(74)60-85-91(79,80)87-64-68(62-83-70(75)56-51-46-41-21-18-15-12-8-3)89-72(77)58-53-48-43-38-32-30-25-23-20-17-14-11-7-2/h66-69,74H,6-65H2,1-5H3,(H,79,80)(H,81,82)/t66?,67-,68+,69+/m0/s1. The summed E-state index contributed by atoms with van der Waals surface area (Å²) < 4.78 is 68.4. The molecule has 0 aromatic rings. The summed E-state index contributed by atoms with van der Waals surface area (Å²) in [5, 5.41) is 10.6. The molecule has 92 heavy (non-hydrogen) atoms. The Morgan fingerprint density at radius 1 is 0.304 bits per heavy atom. The smallest absolute Gasteiger partial charge is 0.462 e. The Morgan fingerprint density at radius 2 is 0.522 bits per heavy atom. The van der Waals surface area contributed by atoms with Crippen molar-refractivity contribution >= 4 is 39.5 Å². The van der Waals surface area contributed by atoms with Crippen LogP contribution < -0.4 is 0 Å². The second-order valence-corrected chi connectivity index (χ2v) is 29.5. The molecule has 19 heteroatoms. The third-order valence-electron chi connectivity index (χ3n) is 17.4. The number of carbonyl (C=O) groups excluding carboxylic acids is 4. The van der Waals surface area contributed by atoms with E-state index in [9.17, 15) is 43.2 Å². The normalized spacial score (nSPS) is 14.3. The minimum Gasteiger partial charge on any atom is -0.462 e. The molecule has 0 amide bonds. The average Bonchev–Trinajstić information content (AvgIpc) is 3.63. The van der Waals surface area contributed by atoms with Gasteiger partial charge in [-0.25, -0.2) is 9.13 Å². The molecule has 0 saturated heterocycles. The molecule has 0 aromatic heterocycles. The lowest BCUT2D eigenvalue weighted by Crippen LogP contribution is -2.30. The monoisotopic (exact) mass is 1350 g/mol. The Bertz CT molecular complexity index is 1770. The fourth-order valence-electron chi connectivity index (χ4n) is 11.1. The maximum Gasteiger partial charge on any atom is 0.472 e. The summed E-state index contributed by atoms with van der Waals surface area (Å²) in [5.74, 6) is -1.31.